The molecule has 1 aliphatic carbocycles. The van der Waals surface area contributed by atoms with Crippen molar-refractivity contribution in [1.29, 1.82) is 0 Å². The monoisotopic (exact) mass is 775 g/mol. The van der Waals surface area contributed by atoms with E-state index in [9.17, 15) is 43.8 Å². The summed E-state index contributed by atoms with van der Waals surface area (Å²) in [6.45, 7) is 13.1. The molecule has 0 aromatic carbocycles. The molecule has 1 rings (SSSR count). The van der Waals surface area contributed by atoms with Gasteiger partial charge >= 0.3 is 11.9 Å². The Kier molecular flexibility index (Phi) is 30.0. The van der Waals surface area contributed by atoms with Crippen LogP contribution in [0.3, 0.4) is 0 Å². The van der Waals surface area contributed by atoms with Gasteiger partial charge in [-0.2, -0.15) is 0 Å². The molecule has 2 unspecified atom stereocenters. The maximum atomic E-state index is 13.4. The summed E-state index contributed by atoms with van der Waals surface area (Å²) in [5.41, 5.74) is -1.83. The Balaban J connectivity index is 0. The second-order valence-corrected chi connectivity index (χ2v) is 14.1. The number of carboxylic acids is 2. The number of ether oxygens (including phenoxy) is 2. The highest BCUT2D eigenvalue weighted by Crippen LogP contribution is 2.24. The molecule has 0 aromatic rings. The zero-order chi connectivity index (χ0) is 41.6. The van der Waals surface area contributed by atoms with Crippen molar-refractivity contribution >= 4 is 41.7 Å². The van der Waals surface area contributed by atoms with Gasteiger partial charge in [-0.1, -0.05) is 33.1 Å². The van der Waals surface area contributed by atoms with Gasteiger partial charge in [0.25, 0.3) is 0 Å². The summed E-state index contributed by atoms with van der Waals surface area (Å²) >= 11 is 0. The lowest BCUT2D eigenvalue weighted by Crippen LogP contribution is -2.56. The molecule has 0 aromatic heterocycles. The first-order chi connectivity index (χ1) is 25.4. The van der Waals surface area contributed by atoms with Gasteiger partial charge in [0, 0.05) is 31.8 Å². The van der Waals surface area contributed by atoms with E-state index in [1.54, 1.807) is 27.7 Å². The van der Waals surface area contributed by atoms with Crippen molar-refractivity contribution < 1.29 is 53.2 Å². The van der Waals surface area contributed by atoms with Crippen LogP contribution in [0.4, 0.5) is 0 Å². The van der Waals surface area contributed by atoms with Gasteiger partial charge in [0.1, 0.15) is 12.6 Å². The van der Waals surface area contributed by atoms with E-state index in [1.165, 1.54) is 0 Å². The number of carboxylic acid groups (broad SMARTS) is 2. The van der Waals surface area contributed by atoms with Gasteiger partial charge in [0.05, 0.1) is 36.9 Å². The molecule has 1 aliphatic rings. The lowest BCUT2D eigenvalue weighted by molar-refractivity contribution is -0.143. The van der Waals surface area contributed by atoms with Gasteiger partial charge in [0.15, 0.2) is 11.6 Å². The smallest absolute Gasteiger partial charge is 0.326 e. The third-order valence-corrected chi connectivity index (χ3v) is 8.38. The number of Topliss-reactive ketones (excluding diaryl/α,β-unsaturated/α-hetero) is 2. The number of ketones is 2. The number of likely N-dealkylation sites (N-methyl/N-ethyl adjacent to an activating group) is 1. The predicted octanol–water partition coefficient (Wildman–Crippen LogP) is 1.17. The Morgan fingerprint density at radius 3 is 1.89 bits per heavy atom. The molecule has 17 heteroatoms. The second kappa shape index (κ2) is 30.8. The van der Waals surface area contributed by atoms with Crippen LogP contribution in [-0.2, 0) is 43.0 Å². The van der Waals surface area contributed by atoms with Crippen LogP contribution >= 0.6 is 0 Å². The zero-order valence-corrected chi connectivity index (χ0v) is 33.9. The molecule has 0 radical (unpaired) electrons. The van der Waals surface area contributed by atoms with Crippen molar-refractivity contribution in [3.63, 3.8) is 0 Å². The lowest BCUT2D eigenvalue weighted by Gasteiger charge is -2.30. The number of nitrogens with one attached hydrogen (secondary N) is 6. The maximum Gasteiger partial charge on any atom is 0.326 e. The highest BCUT2D eigenvalue weighted by atomic mass is 16.5. The highest BCUT2D eigenvalue weighted by Gasteiger charge is 2.35. The third-order valence-electron chi connectivity index (χ3n) is 8.38. The van der Waals surface area contributed by atoms with E-state index in [4.69, 9.17) is 9.47 Å². The summed E-state index contributed by atoms with van der Waals surface area (Å²) in [6, 6.07) is -2.39. The fraction of sp³-hybridized carbons (Fsp3) is 0.811. The van der Waals surface area contributed by atoms with Gasteiger partial charge in [-0.15, -0.1) is 0 Å². The molecule has 54 heavy (non-hydrogen) atoms. The van der Waals surface area contributed by atoms with Crippen LogP contribution < -0.4 is 31.9 Å². The molecule has 8 N–H and O–H groups in total. The first-order valence-electron chi connectivity index (χ1n) is 19.0. The Bertz CT molecular complexity index is 1110. The van der Waals surface area contributed by atoms with Gasteiger partial charge in [0.2, 0.25) is 18.2 Å². The fourth-order valence-electron chi connectivity index (χ4n) is 5.26. The fourth-order valence-corrected chi connectivity index (χ4v) is 5.26. The van der Waals surface area contributed by atoms with Crippen LogP contribution in [-0.4, -0.2) is 135 Å². The minimum Gasteiger partial charge on any atom is -0.481 e. The Morgan fingerprint density at radius 2 is 1.37 bits per heavy atom. The number of carbonyl (C=O) groups is 7. The van der Waals surface area contributed by atoms with Crippen LogP contribution in [0.1, 0.15) is 106 Å². The molecule has 0 aliphatic heterocycles. The normalized spacial score (nSPS) is 14.1. The van der Waals surface area contributed by atoms with E-state index in [-0.39, 0.29) is 76.3 Å². The van der Waals surface area contributed by atoms with Gasteiger partial charge in [-0.3, -0.25) is 28.8 Å². The van der Waals surface area contributed by atoms with Crippen molar-refractivity contribution in [3.8, 4) is 0 Å². The quantitative estimate of drug-likeness (QED) is 0.0431. The SMILES string of the molecule is CCCNC=O.CCNC(C)(C)C(=O)COCCOCCNC(C)(C)C(=O)C(CCC(=O)O)NC(=O)CCC(NC(=O)C1CCCCC1)C(=O)O.CNC. The zero-order valence-electron chi connectivity index (χ0n) is 33.9. The molecule has 3 amide bonds. The van der Waals surface area contributed by atoms with E-state index in [0.29, 0.717) is 25.8 Å². The minimum atomic E-state index is -1.26. The van der Waals surface area contributed by atoms with E-state index in [0.717, 1.165) is 32.2 Å². The Hall–Kier alpha value is -3.51. The summed E-state index contributed by atoms with van der Waals surface area (Å²) in [5, 5.41) is 35.3. The van der Waals surface area contributed by atoms with Crippen molar-refractivity contribution in [1.82, 2.24) is 31.9 Å². The summed E-state index contributed by atoms with van der Waals surface area (Å²) in [7, 11) is 3.75. The van der Waals surface area contributed by atoms with E-state index < -0.39 is 46.8 Å². The third kappa shape index (κ3) is 25.5. The molecule has 1 saturated carbocycles. The van der Waals surface area contributed by atoms with Gasteiger partial charge in [-0.05, 0) is 80.4 Å². The Morgan fingerprint density at radius 1 is 0.778 bits per heavy atom. The molecular formula is C37H70N6O11. The van der Waals surface area contributed by atoms with Crippen LogP contribution in [0.2, 0.25) is 0 Å². The average Bonchev–Trinajstić information content (AvgIpc) is 3.12. The minimum absolute atomic E-state index is 0.0430. The average molecular weight is 775 g/mol. The van der Waals surface area contributed by atoms with Crippen molar-refractivity contribution in [2.45, 2.75) is 129 Å². The van der Waals surface area contributed by atoms with Crippen LogP contribution in [0, 0.1) is 5.92 Å². The van der Waals surface area contributed by atoms with Crippen LogP contribution in [0.15, 0.2) is 0 Å². The van der Waals surface area contributed by atoms with Crippen molar-refractivity contribution in [2.24, 2.45) is 5.92 Å². The lowest BCUT2D eigenvalue weighted by atomic mass is 9.88. The summed E-state index contributed by atoms with van der Waals surface area (Å²) in [5.74, 6) is -4.10. The largest absolute Gasteiger partial charge is 0.481 e. The molecular weight excluding hydrogens is 704 g/mol. The van der Waals surface area contributed by atoms with E-state index in [1.807, 2.05) is 27.9 Å². The van der Waals surface area contributed by atoms with Gasteiger partial charge < -0.3 is 51.6 Å². The summed E-state index contributed by atoms with van der Waals surface area (Å²) < 4.78 is 10.9. The standard InChI is InChI=1S/C31H54N4O10.C4H9NO.C2H7N/c1-6-32-30(2,3)24(36)20-45-19-18-44-17-16-33-31(4,5)27(40)22(13-15-26(38)39)34-25(37)14-12-23(29(42)43)35-28(41)21-10-8-7-9-11-21;1-2-3-5-4-6;1-3-2/h21-23,32-33H,6-20H2,1-5H3,(H,34,37)(H,35,41)(H,38,39)(H,42,43);4H,2-3H2,1H3,(H,5,6);3H,1-2H3. The molecule has 0 heterocycles. The first kappa shape index (κ1) is 52.6. The molecule has 17 nitrogen and oxygen atoms in total. The molecule has 0 saturated heterocycles. The van der Waals surface area contributed by atoms with Crippen LogP contribution in [0.5, 0.6) is 0 Å². The number of aliphatic carboxylic acids is 2. The number of hydrogen-bond donors (Lipinski definition) is 8. The van der Waals surface area contributed by atoms with Gasteiger partial charge in [-0.25, -0.2) is 4.79 Å². The topological polar surface area (TPSA) is 251 Å². The van der Waals surface area contributed by atoms with Crippen molar-refractivity contribution in [3.05, 3.63) is 0 Å². The molecule has 314 valence electrons. The molecule has 0 bridgehead atoms. The van der Waals surface area contributed by atoms with Crippen molar-refractivity contribution in [2.75, 3.05) is 60.2 Å². The predicted molar refractivity (Wildman–Crippen MR) is 205 cm³/mol. The number of rotatable bonds is 27. The van der Waals surface area contributed by atoms with E-state index >= 15 is 0 Å². The number of amides is 3. The molecule has 1 fully saturated rings. The summed E-state index contributed by atoms with van der Waals surface area (Å²) in [4.78, 5) is 83.3. The molecule has 0 spiro atoms. The van der Waals surface area contributed by atoms with Crippen LogP contribution in [0.25, 0.3) is 0 Å². The second-order valence-electron chi connectivity index (χ2n) is 14.1. The highest BCUT2D eigenvalue weighted by molar-refractivity contribution is 5.95. The Labute approximate surface area is 321 Å². The molecule has 2 atom stereocenters. The van der Waals surface area contributed by atoms with E-state index in [2.05, 4.69) is 31.9 Å². The maximum absolute atomic E-state index is 13.4. The summed E-state index contributed by atoms with van der Waals surface area (Å²) in [6.07, 6.45) is 5.04. The number of hydrogen-bond acceptors (Lipinski definition) is 12. The first-order valence-corrected chi connectivity index (χ1v) is 19.0. The number of carbonyl (C=O) groups excluding carboxylic acids is 5.